The number of carbonyl (C=O) groups is 1. The van der Waals surface area contributed by atoms with Crippen LogP contribution in [0.1, 0.15) is 24.0 Å². The Labute approximate surface area is 178 Å². The van der Waals surface area contributed by atoms with Crippen molar-refractivity contribution in [2.45, 2.75) is 25.9 Å². The van der Waals surface area contributed by atoms with Gasteiger partial charge in [0.25, 0.3) is 0 Å². The number of nitrogens with one attached hydrogen (secondary N) is 2. The maximum atomic E-state index is 12.4. The lowest BCUT2D eigenvalue weighted by Crippen LogP contribution is -2.40. The van der Waals surface area contributed by atoms with E-state index < -0.39 is 0 Å². The molecule has 0 bridgehead atoms. The lowest BCUT2D eigenvalue weighted by molar-refractivity contribution is -0.131. The second-order valence-electron chi connectivity index (χ2n) is 7.07. The van der Waals surface area contributed by atoms with Gasteiger partial charge >= 0.3 is 0 Å². The summed E-state index contributed by atoms with van der Waals surface area (Å²) in [7, 11) is 3.37. The number of nitrogens with zero attached hydrogens (tertiary/aromatic N) is 2. The first-order valence-corrected chi connectivity index (χ1v) is 10.3. The van der Waals surface area contributed by atoms with Crippen molar-refractivity contribution >= 4 is 11.9 Å². The van der Waals surface area contributed by atoms with Crippen molar-refractivity contribution in [3.05, 3.63) is 59.7 Å². The highest BCUT2D eigenvalue weighted by Crippen LogP contribution is 2.22. The van der Waals surface area contributed by atoms with Crippen LogP contribution in [0.25, 0.3) is 0 Å². The maximum Gasteiger partial charge on any atom is 0.223 e. The molecule has 1 heterocycles. The Morgan fingerprint density at radius 2 is 1.63 bits per heavy atom. The molecule has 0 spiro atoms. The van der Waals surface area contributed by atoms with E-state index in [-0.39, 0.29) is 5.91 Å². The van der Waals surface area contributed by atoms with Crippen LogP contribution in [0.15, 0.2) is 53.5 Å². The molecule has 0 aliphatic carbocycles. The quantitative estimate of drug-likeness (QED) is 0.378. The second-order valence-corrected chi connectivity index (χ2v) is 7.07. The van der Waals surface area contributed by atoms with Crippen LogP contribution >= 0.6 is 0 Å². The Morgan fingerprint density at radius 3 is 2.27 bits per heavy atom. The van der Waals surface area contributed by atoms with E-state index in [1.54, 1.807) is 14.2 Å². The molecule has 2 aromatic carbocycles. The van der Waals surface area contributed by atoms with Gasteiger partial charge in [-0.25, -0.2) is 0 Å². The predicted molar refractivity (Wildman–Crippen MR) is 118 cm³/mol. The fraction of sp³-hybridized carbons (Fsp3) is 0.391. The first-order valence-electron chi connectivity index (χ1n) is 10.3. The highest BCUT2D eigenvalue weighted by Gasteiger charge is 2.22. The van der Waals surface area contributed by atoms with Crippen LogP contribution in [0.3, 0.4) is 0 Å². The van der Waals surface area contributed by atoms with Gasteiger partial charge in [0, 0.05) is 33.1 Å². The summed E-state index contributed by atoms with van der Waals surface area (Å²) < 4.78 is 10.8. The molecular weight excluding hydrogens is 380 g/mol. The van der Waals surface area contributed by atoms with E-state index in [2.05, 4.69) is 27.8 Å². The minimum atomic E-state index is 0.198. The Kier molecular flexibility index (Phi) is 7.94. The fourth-order valence-corrected chi connectivity index (χ4v) is 3.34. The third kappa shape index (κ3) is 6.14. The number of guanidine groups is 1. The van der Waals surface area contributed by atoms with E-state index >= 15 is 0 Å². The summed E-state index contributed by atoms with van der Waals surface area (Å²) in [6, 6.07) is 15.7. The average molecular weight is 411 g/mol. The fourth-order valence-electron chi connectivity index (χ4n) is 3.34. The van der Waals surface area contributed by atoms with Crippen molar-refractivity contribution in [3.63, 3.8) is 0 Å². The third-order valence-corrected chi connectivity index (χ3v) is 5.00. The smallest absolute Gasteiger partial charge is 0.223 e. The predicted octanol–water partition coefficient (Wildman–Crippen LogP) is 2.56. The van der Waals surface area contributed by atoms with E-state index in [1.165, 1.54) is 11.1 Å². The first kappa shape index (κ1) is 21.5. The zero-order valence-corrected chi connectivity index (χ0v) is 17.7. The van der Waals surface area contributed by atoms with Crippen LogP contribution in [-0.4, -0.2) is 50.6 Å². The largest absolute Gasteiger partial charge is 0.497 e. The monoisotopic (exact) mass is 410 g/mol. The lowest BCUT2D eigenvalue weighted by Gasteiger charge is -2.16. The molecule has 1 amide bonds. The normalized spacial score (nSPS) is 13.0. The highest BCUT2D eigenvalue weighted by atomic mass is 16.5. The number of fused-ring (bicyclic) bond motifs is 1. The summed E-state index contributed by atoms with van der Waals surface area (Å²) in [6.07, 6.45) is 1.29. The van der Waals surface area contributed by atoms with Gasteiger partial charge in [-0.3, -0.25) is 9.79 Å². The van der Waals surface area contributed by atoms with E-state index in [0.29, 0.717) is 32.1 Å². The number of amides is 1. The Bertz CT molecular complexity index is 827. The average Bonchev–Trinajstić information content (AvgIpc) is 3.22. The van der Waals surface area contributed by atoms with Crippen molar-refractivity contribution in [2.75, 3.05) is 33.9 Å². The van der Waals surface area contributed by atoms with Crippen molar-refractivity contribution in [1.82, 2.24) is 15.5 Å². The summed E-state index contributed by atoms with van der Waals surface area (Å²) in [4.78, 5) is 18.6. The zero-order chi connectivity index (χ0) is 21.2. The maximum absolute atomic E-state index is 12.4. The molecule has 2 N–H and O–H groups in total. The van der Waals surface area contributed by atoms with Crippen molar-refractivity contribution < 1.29 is 14.3 Å². The molecule has 3 rings (SSSR count). The lowest BCUT2D eigenvalue weighted by atomic mass is 10.1. The van der Waals surface area contributed by atoms with E-state index in [9.17, 15) is 4.79 Å². The molecule has 0 aromatic heterocycles. The zero-order valence-electron chi connectivity index (χ0n) is 17.7. The summed E-state index contributed by atoms with van der Waals surface area (Å²) in [6.45, 7) is 3.27. The molecule has 0 fully saturated rings. The van der Waals surface area contributed by atoms with Gasteiger partial charge in [-0.15, -0.1) is 0 Å². The molecule has 0 unspecified atom stereocenters. The number of carbonyl (C=O) groups excluding carboxylic acids is 1. The number of hydrogen-bond donors (Lipinski definition) is 2. The number of methoxy groups -OCH3 is 1. The Hall–Kier alpha value is -3.22. The SMILES string of the molecule is CN=C(NCCCC(=O)N1Cc2ccccc2C1)NCCOc1ccc(OC)cc1. The van der Waals surface area contributed by atoms with Gasteiger partial charge in [-0.05, 0) is 41.8 Å². The molecule has 1 aliphatic heterocycles. The minimum Gasteiger partial charge on any atom is -0.497 e. The summed E-state index contributed by atoms with van der Waals surface area (Å²) in [5.41, 5.74) is 2.51. The van der Waals surface area contributed by atoms with E-state index in [1.807, 2.05) is 41.3 Å². The van der Waals surface area contributed by atoms with E-state index in [4.69, 9.17) is 9.47 Å². The number of ether oxygens (including phenoxy) is 2. The topological polar surface area (TPSA) is 75.2 Å². The van der Waals surface area contributed by atoms with Gasteiger partial charge in [0.1, 0.15) is 18.1 Å². The van der Waals surface area contributed by atoms with E-state index in [0.717, 1.165) is 31.0 Å². The Morgan fingerprint density at radius 1 is 1.00 bits per heavy atom. The molecule has 2 aromatic rings. The van der Waals surface area contributed by atoms with Crippen LogP contribution < -0.4 is 20.1 Å². The van der Waals surface area contributed by atoms with Gasteiger partial charge in [0.2, 0.25) is 5.91 Å². The molecule has 160 valence electrons. The van der Waals surface area contributed by atoms with Crippen molar-refractivity contribution in [3.8, 4) is 11.5 Å². The molecular formula is C23H30N4O3. The second kappa shape index (κ2) is 11.1. The minimum absolute atomic E-state index is 0.198. The summed E-state index contributed by atoms with van der Waals surface area (Å²) >= 11 is 0. The summed E-state index contributed by atoms with van der Waals surface area (Å²) in [5.74, 6) is 2.50. The standard InChI is InChI=1S/C23H30N4O3/c1-24-23(26-14-15-30-21-11-9-20(29-2)10-12-21)25-13-5-8-22(28)27-16-18-6-3-4-7-19(18)17-27/h3-4,6-7,9-12H,5,8,13-17H2,1-2H3,(H2,24,25,26). The van der Waals surface area contributed by atoms with Gasteiger partial charge in [-0.2, -0.15) is 0 Å². The first-order chi connectivity index (χ1) is 14.7. The summed E-state index contributed by atoms with van der Waals surface area (Å²) in [5, 5.41) is 6.45. The molecule has 1 aliphatic rings. The van der Waals surface area contributed by atoms with Gasteiger partial charge in [-0.1, -0.05) is 24.3 Å². The molecule has 0 atom stereocenters. The molecule has 0 saturated heterocycles. The molecule has 30 heavy (non-hydrogen) atoms. The highest BCUT2D eigenvalue weighted by molar-refractivity contribution is 5.80. The van der Waals surface area contributed by atoms with Crippen LogP contribution in [-0.2, 0) is 17.9 Å². The number of rotatable bonds is 9. The van der Waals surface area contributed by atoms with Crippen molar-refractivity contribution in [1.29, 1.82) is 0 Å². The molecule has 0 radical (unpaired) electrons. The molecule has 0 saturated carbocycles. The van der Waals surface area contributed by atoms with Crippen LogP contribution in [0, 0.1) is 0 Å². The van der Waals surface area contributed by atoms with Gasteiger partial charge < -0.3 is 25.0 Å². The van der Waals surface area contributed by atoms with Crippen LogP contribution in [0.2, 0.25) is 0 Å². The van der Waals surface area contributed by atoms with Crippen molar-refractivity contribution in [2.24, 2.45) is 4.99 Å². The van der Waals surface area contributed by atoms with Gasteiger partial charge in [0.05, 0.1) is 13.7 Å². The Balaban J connectivity index is 1.28. The van der Waals surface area contributed by atoms with Gasteiger partial charge in [0.15, 0.2) is 5.96 Å². The number of aliphatic imine (C=N–C) groups is 1. The van der Waals surface area contributed by atoms with Crippen LogP contribution in [0.5, 0.6) is 11.5 Å². The number of benzene rings is 2. The molecule has 7 heteroatoms. The third-order valence-electron chi connectivity index (χ3n) is 5.00. The van der Waals surface area contributed by atoms with Crippen LogP contribution in [0.4, 0.5) is 0 Å². The molecule has 7 nitrogen and oxygen atoms in total. The number of hydrogen-bond acceptors (Lipinski definition) is 4.